The minimum absolute atomic E-state index is 0.121. The number of hydrogen-bond donors (Lipinski definition) is 3. The van der Waals surface area contributed by atoms with Crippen molar-refractivity contribution in [1.82, 2.24) is 20.9 Å². The zero-order valence-corrected chi connectivity index (χ0v) is 16.2. The second-order valence-corrected chi connectivity index (χ2v) is 8.41. The van der Waals surface area contributed by atoms with E-state index < -0.39 is 0 Å². The van der Waals surface area contributed by atoms with Crippen molar-refractivity contribution < 1.29 is 4.79 Å². The number of urea groups is 1. The van der Waals surface area contributed by atoms with Gasteiger partial charge in [-0.15, -0.1) is 0 Å². The molecule has 5 nitrogen and oxygen atoms in total. The molecule has 0 spiro atoms. The molecule has 2 atom stereocenters. The van der Waals surface area contributed by atoms with Crippen LogP contribution in [0.25, 0.3) is 0 Å². The molecule has 3 fully saturated rings. The van der Waals surface area contributed by atoms with E-state index in [1.54, 1.807) is 0 Å². The Kier molecular flexibility index (Phi) is 7.20. The molecule has 0 aromatic rings. The zero-order valence-electron chi connectivity index (χ0n) is 15.4. The minimum Gasteiger partial charge on any atom is -0.363 e. The van der Waals surface area contributed by atoms with Crippen molar-refractivity contribution in [3.63, 3.8) is 0 Å². The molecular weight excluding hydrogens is 332 g/mol. The maximum absolute atomic E-state index is 12.4. The van der Waals surface area contributed by atoms with Crippen molar-refractivity contribution in [1.29, 1.82) is 0 Å². The quantitative estimate of drug-likeness (QED) is 0.517. The lowest BCUT2D eigenvalue weighted by Crippen LogP contribution is -2.49. The van der Waals surface area contributed by atoms with E-state index in [0.29, 0.717) is 12.6 Å². The Morgan fingerprint density at radius 1 is 0.920 bits per heavy atom. The number of amides is 2. The van der Waals surface area contributed by atoms with Gasteiger partial charge in [0.15, 0.2) is 5.11 Å². The fourth-order valence-corrected chi connectivity index (χ4v) is 4.96. The molecule has 0 aromatic heterocycles. The third-order valence-electron chi connectivity index (χ3n) is 6.18. The second kappa shape index (κ2) is 9.60. The molecule has 1 heterocycles. The Morgan fingerprint density at radius 2 is 1.60 bits per heavy atom. The molecule has 2 unspecified atom stereocenters. The molecule has 1 aliphatic heterocycles. The first-order valence-corrected chi connectivity index (χ1v) is 10.7. The molecule has 2 amide bonds. The largest absolute Gasteiger partial charge is 0.363 e. The third-order valence-corrected chi connectivity index (χ3v) is 6.45. The maximum Gasteiger partial charge on any atom is 0.317 e. The Bertz CT molecular complexity index is 453. The van der Waals surface area contributed by atoms with E-state index in [1.807, 2.05) is 4.90 Å². The predicted octanol–water partition coefficient (Wildman–Crippen LogP) is 3.00. The SMILES string of the molecule is O=C(NCCCNC(=S)NC1CCCC1)N1CCC2CCCCC2C1. The summed E-state index contributed by atoms with van der Waals surface area (Å²) in [5, 5.41) is 10.5. The standard InChI is InChI=1S/C19H34N4OS/c24-19(23-13-10-15-6-1-2-7-16(15)14-23)21-12-5-11-20-18(25)22-17-8-3-4-9-17/h15-17H,1-14H2,(H,21,24)(H2,20,22,25). The molecule has 3 aliphatic rings. The van der Waals surface area contributed by atoms with Crippen molar-refractivity contribution in [3.8, 4) is 0 Å². The second-order valence-electron chi connectivity index (χ2n) is 8.01. The van der Waals surface area contributed by atoms with Gasteiger partial charge in [-0.2, -0.15) is 0 Å². The van der Waals surface area contributed by atoms with Crippen LogP contribution < -0.4 is 16.0 Å². The van der Waals surface area contributed by atoms with E-state index in [1.165, 1.54) is 57.8 Å². The Morgan fingerprint density at radius 3 is 2.40 bits per heavy atom. The Balaban J connectivity index is 1.24. The average Bonchev–Trinajstić information content (AvgIpc) is 3.13. The summed E-state index contributed by atoms with van der Waals surface area (Å²) in [5.74, 6) is 1.62. The summed E-state index contributed by atoms with van der Waals surface area (Å²) in [7, 11) is 0. The summed E-state index contributed by atoms with van der Waals surface area (Å²) in [4.78, 5) is 14.4. The summed E-state index contributed by atoms with van der Waals surface area (Å²) in [5.41, 5.74) is 0. The molecule has 6 heteroatoms. The number of hydrogen-bond acceptors (Lipinski definition) is 2. The Hall–Kier alpha value is -1.04. The zero-order chi connectivity index (χ0) is 17.5. The summed E-state index contributed by atoms with van der Waals surface area (Å²) >= 11 is 5.33. The van der Waals surface area contributed by atoms with Gasteiger partial charge in [0.2, 0.25) is 0 Å². The lowest BCUT2D eigenvalue weighted by molar-refractivity contribution is 0.102. The van der Waals surface area contributed by atoms with Crippen molar-refractivity contribution in [3.05, 3.63) is 0 Å². The first-order chi connectivity index (χ1) is 12.2. The number of carbonyl (C=O) groups excluding carboxylic acids is 1. The van der Waals surface area contributed by atoms with Crippen LogP contribution in [0.2, 0.25) is 0 Å². The van der Waals surface area contributed by atoms with Crippen molar-refractivity contribution in [2.75, 3.05) is 26.2 Å². The molecule has 0 bridgehead atoms. The highest BCUT2D eigenvalue weighted by Gasteiger charge is 2.32. The molecule has 3 rings (SSSR count). The molecule has 2 saturated carbocycles. The van der Waals surface area contributed by atoms with Crippen LogP contribution in [0.3, 0.4) is 0 Å². The fourth-order valence-electron chi connectivity index (χ4n) is 4.69. The van der Waals surface area contributed by atoms with E-state index in [0.717, 1.165) is 43.0 Å². The molecule has 3 N–H and O–H groups in total. The van der Waals surface area contributed by atoms with Crippen LogP contribution in [0, 0.1) is 11.8 Å². The number of carbonyl (C=O) groups is 1. The molecule has 2 aliphatic carbocycles. The number of likely N-dealkylation sites (tertiary alicyclic amines) is 1. The molecule has 0 aromatic carbocycles. The monoisotopic (exact) mass is 366 g/mol. The number of fused-ring (bicyclic) bond motifs is 1. The van der Waals surface area contributed by atoms with Crippen molar-refractivity contribution >= 4 is 23.4 Å². The van der Waals surface area contributed by atoms with Crippen LogP contribution in [-0.2, 0) is 0 Å². The minimum atomic E-state index is 0.121. The van der Waals surface area contributed by atoms with Gasteiger partial charge in [0.05, 0.1) is 0 Å². The highest BCUT2D eigenvalue weighted by molar-refractivity contribution is 7.80. The van der Waals surface area contributed by atoms with Gasteiger partial charge in [-0.1, -0.05) is 32.1 Å². The van der Waals surface area contributed by atoms with Crippen molar-refractivity contribution in [2.24, 2.45) is 11.8 Å². The molecule has 0 radical (unpaired) electrons. The van der Waals surface area contributed by atoms with E-state index in [4.69, 9.17) is 12.2 Å². The number of rotatable bonds is 5. The lowest BCUT2D eigenvalue weighted by Gasteiger charge is -2.41. The van der Waals surface area contributed by atoms with E-state index in [9.17, 15) is 4.79 Å². The number of nitrogens with one attached hydrogen (secondary N) is 3. The summed E-state index contributed by atoms with van der Waals surface area (Å²) in [6.07, 6.45) is 12.6. The number of nitrogens with zero attached hydrogens (tertiary/aromatic N) is 1. The van der Waals surface area contributed by atoms with Gasteiger partial charge in [0, 0.05) is 32.2 Å². The summed E-state index contributed by atoms with van der Waals surface area (Å²) in [6.45, 7) is 3.41. The molecule has 25 heavy (non-hydrogen) atoms. The number of piperidine rings is 1. The first-order valence-electron chi connectivity index (χ1n) is 10.3. The smallest absolute Gasteiger partial charge is 0.317 e. The van der Waals surface area contributed by atoms with Gasteiger partial charge >= 0.3 is 6.03 Å². The topological polar surface area (TPSA) is 56.4 Å². The van der Waals surface area contributed by atoms with Gasteiger partial charge in [-0.25, -0.2) is 4.79 Å². The Labute approximate surface area is 157 Å². The van der Waals surface area contributed by atoms with Crippen LogP contribution in [0.15, 0.2) is 0 Å². The van der Waals surface area contributed by atoms with Gasteiger partial charge in [0.1, 0.15) is 0 Å². The van der Waals surface area contributed by atoms with Crippen molar-refractivity contribution in [2.45, 2.75) is 70.3 Å². The highest BCUT2D eigenvalue weighted by atomic mass is 32.1. The summed E-state index contributed by atoms with van der Waals surface area (Å²) in [6, 6.07) is 0.679. The van der Waals surface area contributed by atoms with Gasteiger partial charge < -0.3 is 20.9 Å². The van der Waals surface area contributed by atoms with Gasteiger partial charge in [-0.3, -0.25) is 0 Å². The van der Waals surface area contributed by atoms with E-state index >= 15 is 0 Å². The van der Waals surface area contributed by atoms with E-state index in [2.05, 4.69) is 16.0 Å². The maximum atomic E-state index is 12.4. The van der Waals surface area contributed by atoms with Gasteiger partial charge in [-0.05, 0) is 56.2 Å². The van der Waals surface area contributed by atoms with Gasteiger partial charge in [0.25, 0.3) is 0 Å². The fraction of sp³-hybridized carbons (Fsp3) is 0.895. The average molecular weight is 367 g/mol. The molecular formula is C19H34N4OS. The number of thiocarbonyl (C=S) groups is 1. The highest BCUT2D eigenvalue weighted by Crippen LogP contribution is 2.35. The van der Waals surface area contributed by atoms with Crippen LogP contribution in [0.4, 0.5) is 4.79 Å². The van der Waals surface area contributed by atoms with Crippen LogP contribution >= 0.6 is 12.2 Å². The predicted molar refractivity (Wildman–Crippen MR) is 106 cm³/mol. The molecule has 1 saturated heterocycles. The van der Waals surface area contributed by atoms with Crippen LogP contribution in [-0.4, -0.2) is 48.3 Å². The molecule has 142 valence electrons. The van der Waals surface area contributed by atoms with Crippen LogP contribution in [0.5, 0.6) is 0 Å². The van der Waals surface area contributed by atoms with Crippen LogP contribution in [0.1, 0.15) is 64.2 Å². The van der Waals surface area contributed by atoms with E-state index in [-0.39, 0.29) is 6.03 Å². The lowest BCUT2D eigenvalue weighted by atomic mass is 9.75. The normalized spacial score (nSPS) is 26.8. The summed E-state index contributed by atoms with van der Waals surface area (Å²) < 4.78 is 0. The third kappa shape index (κ3) is 5.73. The first kappa shape index (κ1) is 18.7.